The van der Waals surface area contributed by atoms with Crippen LogP contribution in [0, 0.1) is 18.8 Å². The average Bonchev–Trinajstić information content (AvgIpc) is 3.41. The van der Waals surface area contributed by atoms with E-state index in [2.05, 4.69) is 33.1 Å². The van der Waals surface area contributed by atoms with E-state index >= 15 is 0 Å². The number of fused-ring (bicyclic) bond motifs is 4. The summed E-state index contributed by atoms with van der Waals surface area (Å²) in [6.07, 6.45) is 7.58. The van der Waals surface area contributed by atoms with E-state index in [1.54, 1.807) is 12.3 Å². The number of rotatable bonds is 3. The zero-order valence-electron chi connectivity index (χ0n) is 17.0. The first-order valence-corrected chi connectivity index (χ1v) is 10.7. The molecule has 1 saturated heterocycles. The summed E-state index contributed by atoms with van der Waals surface area (Å²) in [6, 6.07) is 7.81. The van der Waals surface area contributed by atoms with Gasteiger partial charge in [-0.25, -0.2) is 4.98 Å². The molecule has 30 heavy (non-hydrogen) atoms. The minimum atomic E-state index is 0.157. The molecule has 2 unspecified atom stereocenters. The predicted octanol–water partition coefficient (Wildman–Crippen LogP) is 5.67. The summed E-state index contributed by atoms with van der Waals surface area (Å²) in [5, 5.41) is 19.9. The molecule has 2 aromatic heterocycles. The van der Waals surface area contributed by atoms with Crippen molar-refractivity contribution in [2.75, 3.05) is 13.1 Å². The summed E-state index contributed by atoms with van der Waals surface area (Å²) in [5.74, 6) is 2.85. The van der Waals surface area contributed by atoms with Crippen molar-refractivity contribution in [3.8, 4) is 5.75 Å². The molecular formula is C24H24N4O2. The lowest BCUT2D eigenvalue weighted by Crippen LogP contribution is -2.36. The summed E-state index contributed by atoms with van der Waals surface area (Å²) in [4.78, 5) is 6.79. The van der Waals surface area contributed by atoms with E-state index in [1.807, 2.05) is 18.2 Å². The molecule has 6 rings (SSSR count). The number of benzene rings is 1. The van der Waals surface area contributed by atoms with Crippen molar-refractivity contribution in [1.82, 2.24) is 9.88 Å². The van der Waals surface area contributed by atoms with Gasteiger partial charge in [0.2, 0.25) is 0 Å². The number of nitrogens with zero attached hydrogens (tertiary/aromatic N) is 4. The minimum absolute atomic E-state index is 0.157. The van der Waals surface area contributed by atoms with Crippen LogP contribution in [0.25, 0.3) is 22.7 Å². The highest BCUT2D eigenvalue weighted by Gasteiger charge is 2.33. The van der Waals surface area contributed by atoms with Crippen molar-refractivity contribution < 1.29 is 9.52 Å². The Morgan fingerprint density at radius 2 is 2.00 bits per heavy atom. The first kappa shape index (κ1) is 17.8. The molecule has 152 valence electrons. The summed E-state index contributed by atoms with van der Waals surface area (Å²) >= 11 is 0. The van der Waals surface area contributed by atoms with Gasteiger partial charge in [0.15, 0.2) is 17.3 Å². The van der Waals surface area contributed by atoms with E-state index in [0.717, 1.165) is 34.9 Å². The van der Waals surface area contributed by atoms with Crippen LogP contribution in [0.3, 0.4) is 0 Å². The Balaban J connectivity index is 1.39. The number of furan rings is 1. The van der Waals surface area contributed by atoms with Gasteiger partial charge in [-0.3, -0.25) is 4.90 Å². The number of hydrogen-bond acceptors (Lipinski definition) is 6. The van der Waals surface area contributed by atoms with Gasteiger partial charge in [0.25, 0.3) is 0 Å². The van der Waals surface area contributed by atoms with Crippen molar-refractivity contribution >= 4 is 28.6 Å². The van der Waals surface area contributed by atoms with Crippen LogP contribution in [0.2, 0.25) is 0 Å². The van der Waals surface area contributed by atoms with E-state index in [9.17, 15) is 5.11 Å². The number of azo groups is 1. The van der Waals surface area contributed by atoms with Crippen molar-refractivity contribution in [1.29, 1.82) is 0 Å². The second-order valence-electron chi connectivity index (χ2n) is 8.90. The molecule has 0 amide bonds. The molecule has 6 heteroatoms. The number of likely N-dealkylation sites (tertiary alicyclic amines) is 1. The minimum Gasteiger partial charge on any atom is -0.504 e. The lowest BCUT2D eigenvalue weighted by molar-refractivity contribution is 0.160. The third kappa shape index (κ3) is 2.86. The van der Waals surface area contributed by atoms with E-state index in [4.69, 9.17) is 4.42 Å². The van der Waals surface area contributed by atoms with Crippen LogP contribution in [0.1, 0.15) is 41.7 Å². The summed E-state index contributed by atoms with van der Waals surface area (Å²) in [6.45, 7) is 5.32. The second kappa shape index (κ2) is 6.77. The highest BCUT2D eigenvalue weighted by molar-refractivity contribution is 5.94. The fraction of sp³-hybridized carbons (Fsp3) is 0.375. The van der Waals surface area contributed by atoms with Gasteiger partial charge in [0, 0.05) is 43.0 Å². The molecule has 1 aliphatic carbocycles. The maximum Gasteiger partial charge on any atom is 0.183 e. The summed E-state index contributed by atoms with van der Waals surface area (Å²) < 4.78 is 6.22. The molecular weight excluding hydrogens is 376 g/mol. The first-order chi connectivity index (χ1) is 14.7. The van der Waals surface area contributed by atoms with Gasteiger partial charge < -0.3 is 9.52 Å². The number of piperidine rings is 1. The molecule has 1 N–H and O–H groups in total. The van der Waals surface area contributed by atoms with Gasteiger partial charge in [-0.1, -0.05) is 6.07 Å². The molecule has 2 fully saturated rings. The lowest BCUT2D eigenvalue weighted by Gasteiger charge is -2.32. The Bertz CT molecular complexity index is 1200. The van der Waals surface area contributed by atoms with Crippen LogP contribution in [0.15, 0.2) is 45.1 Å². The van der Waals surface area contributed by atoms with Crippen molar-refractivity contribution in [3.05, 3.63) is 52.9 Å². The smallest absolute Gasteiger partial charge is 0.183 e. The number of hydrogen-bond donors (Lipinski definition) is 1. The molecule has 1 saturated carbocycles. The third-order valence-corrected chi connectivity index (χ3v) is 6.84. The zero-order valence-corrected chi connectivity index (χ0v) is 17.0. The molecule has 0 radical (unpaired) electrons. The number of pyridine rings is 1. The fourth-order valence-corrected chi connectivity index (χ4v) is 5.34. The highest BCUT2D eigenvalue weighted by Crippen LogP contribution is 2.41. The molecule has 0 spiro atoms. The Kier molecular flexibility index (Phi) is 4.03. The predicted molar refractivity (Wildman–Crippen MR) is 115 cm³/mol. The highest BCUT2D eigenvalue weighted by atomic mass is 16.4. The van der Waals surface area contributed by atoms with E-state index in [0.29, 0.717) is 17.3 Å². The van der Waals surface area contributed by atoms with Crippen LogP contribution in [0.5, 0.6) is 5.75 Å². The Morgan fingerprint density at radius 3 is 2.83 bits per heavy atom. The number of aromatic hydroxyl groups is 1. The van der Waals surface area contributed by atoms with Crippen LogP contribution < -0.4 is 0 Å². The first-order valence-electron chi connectivity index (χ1n) is 10.7. The SMILES string of the molecule is Cc1ccc2c(O)c(C=C3N=Nc4ncccc43)oc2c1CN1CC2CCC(C2)C1. The molecule has 3 aliphatic rings. The van der Waals surface area contributed by atoms with Gasteiger partial charge in [-0.2, -0.15) is 0 Å². The third-order valence-electron chi connectivity index (χ3n) is 6.84. The molecule has 2 bridgehead atoms. The van der Waals surface area contributed by atoms with Gasteiger partial charge in [0.1, 0.15) is 11.3 Å². The Labute approximate surface area is 174 Å². The molecule has 6 nitrogen and oxygen atoms in total. The molecule has 1 aromatic carbocycles. The Hall–Kier alpha value is -2.99. The maximum absolute atomic E-state index is 10.9. The summed E-state index contributed by atoms with van der Waals surface area (Å²) in [7, 11) is 0. The van der Waals surface area contributed by atoms with Gasteiger partial charge in [-0.05, 0) is 61.8 Å². The molecule has 2 atom stereocenters. The quantitative estimate of drug-likeness (QED) is 0.615. The van der Waals surface area contributed by atoms with Crippen LogP contribution >= 0.6 is 0 Å². The van der Waals surface area contributed by atoms with Crippen LogP contribution in [-0.4, -0.2) is 28.1 Å². The average molecular weight is 400 g/mol. The van der Waals surface area contributed by atoms with E-state index < -0.39 is 0 Å². The van der Waals surface area contributed by atoms with E-state index in [1.165, 1.54) is 43.5 Å². The van der Waals surface area contributed by atoms with E-state index in [-0.39, 0.29) is 5.75 Å². The normalized spacial score (nSPS) is 24.2. The second-order valence-corrected chi connectivity index (χ2v) is 8.90. The molecule has 4 heterocycles. The van der Waals surface area contributed by atoms with Crippen LogP contribution in [-0.2, 0) is 6.54 Å². The topological polar surface area (TPSA) is 74.2 Å². The molecule has 3 aromatic rings. The lowest BCUT2D eigenvalue weighted by atomic mass is 9.97. The molecule has 2 aliphatic heterocycles. The monoisotopic (exact) mass is 400 g/mol. The summed E-state index contributed by atoms with van der Waals surface area (Å²) in [5.41, 5.74) is 4.64. The van der Waals surface area contributed by atoms with Crippen molar-refractivity contribution in [2.24, 2.45) is 22.1 Å². The van der Waals surface area contributed by atoms with Gasteiger partial charge in [-0.15, -0.1) is 10.2 Å². The standard InChI is InChI=1S/C24H24N4O2/c1-14-4-7-18-22(29)21(10-20-17-3-2-8-25-24(17)27-26-20)30-23(18)19(14)13-28-11-15-5-6-16(9-15)12-28/h2-4,7-8,10,15-16,29H,5-6,9,11-13H2,1H3. The number of aromatic nitrogens is 1. The van der Waals surface area contributed by atoms with Gasteiger partial charge in [0.05, 0.1) is 5.39 Å². The van der Waals surface area contributed by atoms with Crippen LogP contribution in [0.4, 0.5) is 5.82 Å². The zero-order chi connectivity index (χ0) is 20.2. The van der Waals surface area contributed by atoms with Crippen molar-refractivity contribution in [3.63, 3.8) is 0 Å². The van der Waals surface area contributed by atoms with Gasteiger partial charge >= 0.3 is 0 Å². The van der Waals surface area contributed by atoms with Crippen molar-refractivity contribution in [2.45, 2.75) is 32.7 Å². The Morgan fingerprint density at radius 1 is 1.17 bits per heavy atom. The fourth-order valence-electron chi connectivity index (χ4n) is 5.34. The largest absolute Gasteiger partial charge is 0.504 e. The number of aryl methyl sites for hydroxylation is 1. The maximum atomic E-state index is 10.9.